The average molecular weight is 295 g/mol. The Bertz CT molecular complexity index is 850. The van der Waals surface area contributed by atoms with E-state index < -0.39 is 5.97 Å². The van der Waals surface area contributed by atoms with Crippen LogP contribution in [-0.2, 0) is 4.74 Å². The van der Waals surface area contributed by atoms with Gasteiger partial charge in [0.2, 0.25) is 5.78 Å². The van der Waals surface area contributed by atoms with E-state index in [2.05, 4.69) is 4.98 Å². The first-order valence-corrected chi connectivity index (χ1v) is 6.71. The van der Waals surface area contributed by atoms with Gasteiger partial charge in [-0.1, -0.05) is 30.3 Å². The van der Waals surface area contributed by atoms with Crippen LogP contribution in [0.4, 0.5) is 0 Å². The van der Waals surface area contributed by atoms with Gasteiger partial charge in [-0.25, -0.2) is 4.79 Å². The number of carbonyl (C=O) groups excluding carboxylic acids is 2. The van der Waals surface area contributed by atoms with Crippen LogP contribution in [0.15, 0.2) is 54.7 Å². The molecular formula is C17H13NO4. The van der Waals surface area contributed by atoms with Gasteiger partial charge in [0, 0.05) is 22.7 Å². The summed E-state index contributed by atoms with van der Waals surface area (Å²) < 4.78 is 4.98. The molecular weight excluding hydrogens is 282 g/mol. The van der Waals surface area contributed by atoms with Gasteiger partial charge in [0.15, 0.2) is 6.61 Å². The van der Waals surface area contributed by atoms with E-state index in [0.29, 0.717) is 5.56 Å². The number of ketones is 1. The second kappa shape index (κ2) is 5.73. The van der Waals surface area contributed by atoms with Crippen molar-refractivity contribution < 1.29 is 19.4 Å². The zero-order valence-corrected chi connectivity index (χ0v) is 11.6. The smallest absolute Gasteiger partial charge is 0.342 e. The van der Waals surface area contributed by atoms with Crippen molar-refractivity contribution in [3.63, 3.8) is 0 Å². The zero-order chi connectivity index (χ0) is 15.5. The fourth-order valence-corrected chi connectivity index (χ4v) is 2.24. The molecule has 3 rings (SSSR count). The van der Waals surface area contributed by atoms with Gasteiger partial charge in [0.05, 0.1) is 0 Å². The van der Waals surface area contributed by atoms with Crippen molar-refractivity contribution in [1.29, 1.82) is 0 Å². The Hall–Kier alpha value is -3.08. The van der Waals surface area contributed by atoms with E-state index in [-0.39, 0.29) is 23.7 Å². The maximum absolute atomic E-state index is 12.2. The number of esters is 1. The van der Waals surface area contributed by atoms with Gasteiger partial charge in [-0.2, -0.15) is 0 Å². The molecule has 0 amide bonds. The molecule has 0 unspecified atom stereocenters. The molecule has 0 spiro atoms. The standard InChI is InChI=1S/C17H13NO4/c19-15-8-4-2-6-12(15)17(21)22-10-16(20)13-9-18-14-7-3-1-5-11(13)14/h1-9,18-19H,10H2. The lowest BCUT2D eigenvalue weighted by Crippen LogP contribution is -2.14. The Balaban J connectivity index is 1.73. The highest BCUT2D eigenvalue weighted by atomic mass is 16.5. The lowest BCUT2D eigenvalue weighted by molar-refractivity contribution is 0.0472. The van der Waals surface area contributed by atoms with E-state index in [1.807, 2.05) is 24.3 Å². The molecule has 0 bridgehead atoms. The molecule has 2 aromatic carbocycles. The van der Waals surface area contributed by atoms with Crippen LogP contribution in [0, 0.1) is 0 Å². The number of phenolic OH excluding ortho intramolecular Hbond substituents is 1. The molecule has 5 nitrogen and oxygen atoms in total. The van der Waals surface area contributed by atoms with Crippen LogP contribution in [0.3, 0.4) is 0 Å². The summed E-state index contributed by atoms with van der Waals surface area (Å²) in [6, 6.07) is 13.4. The summed E-state index contributed by atoms with van der Waals surface area (Å²) in [5.41, 5.74) is 1.35. The summed E-state index contributed by atoms with van der Waals surface area (Å²) in [4.78, 5) is 27.0. The highest BCUT2D eigenvalue weighted by Crippen LogP contribution is 2.19. The Morgan fingerprint density at radius 2 is 1.73 bits per heavy atom. The van der Waals surface area contributed by atoms with Gasteiger partial charge >= 0.3 is 5.97 Å². The Morgan fingerprint density at radius 3 is 2.55 bits per heavy atom. The van der Waals surface area contributed by atoms with Gasteiger partial charge in [-0.3, -0.25) is 4.79 Å². The molecule has 5 heteroatoms. The van der Waals surface area contributed by atoms with Crippen LogP contribution in [0.25, 0.3) is 10.9 Å². The first-order valence-electron chi connectivity index (χ1n) is 6.71. The van der Waals surface area contributed by atoms with Crippen LogP contribution >= 0.6 is 0 Å². The van der Waals surface area contributed by atoms with Gasteiger partial charge in [0.25, 0.3) is 0 Å². The molecule has 0 radical (unpaired) electrons. The van der Waals surface area contributed by atoms with E-state index in [0.717, 1.165) is 10.9 Å². The monoisotopic (exact) mass is 295 g/mol. The first kappa shape index (κ1) is 13.9. The number of carbonyl (C=O) groups is 2. The van der Waals surface area contributed by atoms with Crippen molar-refractivity contribution >= 4 is 22.7 Å². The third-order valence-corrected chi connectivity index (χ3v) is 3.35. The minimum atomic E-state index is -0.730. The number of nitrogens with one attached hydrogen (secondary N) is 1. The minimum absolute atomic E-state index is 0.0363. The molecule has 0 saturated carbocycles. The molecule has 0 fully saturated rings. The van der Waals surface area contributed by atoms with Crippen molar-refractivity contribution in [2.24, 2.45) is 0 Å². The molecule has 1 heterocycles. The fourth-order valence-electron chi connectivity index (χ4n) is 2.24. The number of Topliss-reactive ketones (excluding diaryl/α,β-unsaturated/α-hetero) is 1. The molecule has 22 heavy (non-hydrogen) atoms. The molecule has 0 aliphatic heterocycles. The van der Waals surface area contributed by atoms with Gasteiger partial charge in [0.1, 0.15) is 11.3 Å². The highest BCUT2D eigenvalue weighted by Gasteiger charge is 2.16. The molecule has 0 atom stereocenters. The second-order valence-electron chi connectivity index (χ2n) is 4.76. The number of aromatic amines is 1. The third kappa shape index (κ3) is 2.56. The van der Waals surface area contributed by atoms with Crippen molar-refractivity contribution in [2.75, 3.05) is 6.61 Å². The molecule has 2 N–H and O–H groups in total. The van der Waals surface area contributed by atoms with Gasteiger partial charge < -0.3 is 14.8 Å². The molecule has 0 saturated heterocycles. The third-order valence-electron chi connectivity index (χ3n) is 3.35. The number of aromatic nitrogens is 1. The quantitative estimate of drug-likeness (QED) is 0.573. The number of H-pyrrole nitrogens is 1. The lowest BCUT2D eigenvalue weighted by Gasteiger charge is -2.05. The number of benzene rings is 2. The maximum atomic E-state index is 12.2. The Kier molecular flexibility index (Phi) is 3.62. The summed E-state index contributed by atoms with van der Waals surface area (Å²) >= 11 is 0. The fraction of sp³-hybridized carbons (Fsp3) is 0.0588. The number of fused-ring (bicyclic) bond motifs is 1. The van der Waals surface area contributed by atoms with Crippen molar-refractivity contribution in [2.45, 2.75) is 0 Å². The Morgan fingerprint density at radius 1 is 1.00 bits per heavy atom. The summed E-state index contributed by atoms with van der Waals surface area (Å²) in [5.74, 6) is -1.21. The molecule has 1 aromatic heterocycles. The first-order chi connectivity index (χ1) is 10.7. The summed E-state index contributed by atoms with van der Waals surface area (Å²) in [7, 11) is 0. The number of hydrogen-bond acceptors (Lipinski definition) is 4. The number of aromatic hydroxyl groups is 1. The van der Waals surface area contributed by atoms with Crippen molar-refractivity contribution in [3.8, 4) is 5.75 Å². The van der Waals surface area contributed by atoms with Crippen LogP contribution in [-0.4, -0.2) is 28.4 Å². The lowest BCUT2D eigenvalue weighted by atomic mass is 10.1. The SMILES string of the molecule is O=C(OCC(=O)c1c[nH]c2ccccc12)c1ccccc1O. The number of hydrogen-bond donors (Lipinski definition) is 2. The summed E-state index contributed by atoms with van der Waals surface area (Å²) in [6.07, 6.45) is 1.60. The normalized spacial score (nSPS) is 10.5. The van der Waals surface area contributed by atoms with Crippen molar-refractivity contribution in [1.82, 2.24) is 4.98 Å². The second-order valence-corrected chi connectivity index (χ2v) is 4.76. The van der Waals surface area contributed by atoms with Crippen LogP contribution < -0.4 is 0 Å². The average Bonchev–Trinajstić information content (AvgIpc) is 2.97. The molecule has 0 aliphatic rings. The van der Waals surface area contributed by atoms with E-state index in [1.54, 1.807) is 18.3 Å². The van der Waals surface area contributed by atoms with Crippen molar-refractivity contribution in [3.05, 3.63) is 65.9 Å². The summed E-state index contributed by atoms with van der Waals surface area (Å²) in [5, 5.41) is 10.4. The Labute approximate surface area is 126 Å². The van der Waals surface area contributed by atoms with Crippen LogP contribution in [0.2, 0.25) is 0 Å². The number of para-hydroxylation sites is 2. The maximum Gasteiger partial charge on any atom is 0.342 e. The van der Waals surface area contributed by atoms with Crippen LogP contribution in [0.1, 0.15) is 20.7 Å². The van der Waals surface area contributed by atoms with Crippen LogP contribution in [0.5, 0.6) is 5.75 Å². The highest BCUT2D eigenvalue weighted by molar-refractivity contribution is 6.09. The van der Waals surface area contributed by atoms with Gasteiger partial charge in [-0.05, 0) is 18.2 Å². The molecule has 3 aromatic rings. The number of ether oxygens (including phenoxy) is 1. The van der Waals surface area contributed by atoms with Gasteiger partial charge in [-0.15, -0.1) is 0 Å². The predicted octanol–water partition coefficient (Wildman–Crippen LogP) is 2.91. The zero-order valence-electron chi connectivity index (χ0n) is 11.6. The molecule has 110 valence electrons. The van der Waals surface area contributed by atoms with E-state index in [1.165, 1.54) is 12.1 Å². The number of rotatable bonds is 4. The topological polar surface area (TPSA) is 79.4 Å². The van der Waals surface area contributed by atoms with E-state index in [9.17, 15) is 14.7 Å². The predicted molar refractivity (Wildman–Crippen MR) is 81.0 cm³/mol. The minimum Gasteiger partial charge on any atom is -0.507 e. The molecule has 0 aliphatic carbocycles. The van der Waals surface area contributed by atoms with E-state index >= 15 is 0 Å². The number of phenols is 1. The largest absolute Gasteiger partial charge is 0.507 e. The van der Waals surface area contributed by atoms with E-state index in [4.69, 9.17) is 4.74 Å². The summed E-state index contributed by atoms with van der Waals surface area (Å²) in [6.45, 7) is -0.380.